The summed E-state index contributed by atoms with van der Waals surface area (Å²) in [6.45, 7) is 3.18. The molecule has 0 radical (unpaired) electrons. The second-order valence-electron chi connectivity index (χ2n) is 8.88. The average Bonchev–Trinajstić information content (AvgIpc) is 3.26. The average molecular weight is 442 g/mol. The molecule has 4 aromatic rings. The largest absolute Gasteiger partial charge is 0.377 e. The first kappa shape index (κ1) is 19.7. The summed E-state index contributed by atoms with van der Waals surface area (Å²) in [7, 11) is 0. The Morgan fingerprint density at radius 1 is 1.12 bits per heavy atom. The fourth-order valence-corrected chi connectivity index (χ4v) is 4.63. The minimum atomic E-state index is -1.45. The van der Waals surface area contributed by atoms with Gasteiger partial charge in [-0.15, -0.1) is 0 Å². The molecule has 3 atom stereocenters. The maximum Gasteiger partial charge on any atom is 0.275 e. The lowest BCUT2D eigenvalue weighted by atomic mass is 9.94. The lowest BCUT2D eigenvalue weighted by Crippen LogP contribution is -2.30. The topological polar surface area (TPSA) is 136 Å². The van der Waals surface area contributed by atoms with Gasteiger partial charge < -0.3 is 15.7 Å². The fraction of sp³-hybridized carbons (Fsp3) is 0.304. The standard InChI is InChI=1S/C23H22N8O2/c1-23(33,21-25-6-2-7-26-21)15-3-4-16-17(10-15)31(18-5-8-27-22(24)28-18)29-19(16)20(32)30-11-13-9-14(13)12-30/h2-8,10,13-14,33H,9,11-12H2,1H3,(H2,24,27,28). The molecular formula is C23H22N8O2. The molecule has 1 saturated carbocycles. The van der Waals surface area contributed by atoms with E-state index in [0.717, 1.165) is 13.1 Å². The van der Waals surface area contributed by atoms with E-state index in [2.05, 4.69) is 25.0 Å². The van der Waals surface area contributed by atoms with Gasteiger partial charge in [0.25, 0.3) is 5.91 Å². The predicted molar refractivity (Wildman–Crippen MR) is 119 cm³/mol. The minimum Gasteiger partial charge on any atom is -0.377 e. The highest BCUT2D eigenvalue weighted by atomic mass is 16.3. The molecule has 10 heteroatoms. The molecule has 6 rings (SSSR count). The first-order valence-electron chi connectivity index (χ1n) is 10.8. The van der Waals surface area contributed by atoms with Crippen molar-refractivity contribution in [2.24, 2.45) is 11.8 Å². The number of amides is 1. The zero-order valence-electron chi connectivity index (χ0n) is 18.0. The third kappa shape index (κ3) is 3.21. The van der Waals surface area contributed by atoms with Crippen molar-refractivity contribution >= 4 is 22.8 Å². The zero-order valence-corrected chi connectivity index (χ0v) is 18.0. The van der Waals surface area contributed by atoms with Gasteiger partial charge >= 0.3 is 0 Å². The van der Waals surface area contributed by atoms with Crippen LogP contribution in [0, 0.1) is 11.8 Å². The molecule has 3 N–H and O–H groups in total. The monoisotopic (exact) mass is 442 g/mol. The first-order valence-corrected chi connectivity index (χ1v) is 10.8. The van der Waals surface area contributed by atoms with Crippen molar-refractivity contribution in [3.8, 4) is 5.82 Å². The number of rotatable bonds is 4. The van der Waals surface area contributed by atoms with Crippen LogP contribution in [-0.4, -0.2) is 58.7 Å². The number of nitrogens with zero attached hydrogens (tertiary/aromatic N) is 7. The number of carbonyl (C=O) groups excluding carboxylic acids is 1. The smallest absolute Gasteiger partial charge is 0.275 e. The second kappa shape index (κ2) is 7.04. The molecule has 0 spiro atoms. The third-order valence-electron chi connectivity index (χ3n) is 6.59. The molecule has 1 saturated heterocycles. The quantitative estimate of drug-likeness (QED) is 0.486. The Kier molecular flexibility index (Phi) is 4.21. The molecule has 2 fully saturated rings. The van der Waals surface area contributed by atoms with E-state index in [9.17, 15) is 9.90 Å². The van der Waals surface area contributed by atoms with Gasteiger partial charge in [-0.3, -0.25) is 4.79 Å². The molecule has 0 bridgehead atoms. The molecule has 3 aromatic heterocycles. The Hall–Kier alpha value is -3.92. The molecule has 4 heterocycles. The highest BCUT2D eigenvalue weighted by molar-refractivity contribution is 6.05. The predicted octanol–water partition coefficient (Wildman–Crippen LogP) is 1.54. The molecule has 1 aliphatic heterocycles. The minimum absolute atomic E-state index is 0.0983. The number of nitrogens with two attached hydrogens (primary N) is 1. The van der Waals surface area contributed by atoms with Gasteiger partial charge in [0.1, 0.15) is 5.60 Å². The fourth-order valence-electron chi connectivity index (χ4n) is 4.63. The summed E-state index contributed by atoms with van der Waals surface area (Å²) in [5.74, 6) is 1.95. The van der Waals surface area contributed by atoms with E-state index in [1.165, 1.54) is 6.42 Å². The number of aliphatic hydroxyl groups is 1. The highest BCUT2D eigenvalue weighted by Crippen LogP contribution is 2.45. The van der Waals surface area contributed by atoms with Gasteiger partial charge in [-0.2, -0.15) is 10.1 Å². The maximum atomic E-state index is 13.4. The van der Waals surface area contributed by atoms with Gasteiger partial charge in [0.05, 0.1) is 5.52 Å². The van der Waals surface area contributed by atoms with Crippen molar-refractivity contribution in [2.45, 2.75) is 18.9 Å². The van der Waals surface area contributed by atoms with Crippen molar-refractivity contribution < 1.29 is 9.90 Å². The SMILES string of the molecule is CC(O)(c1ccc2c(C(=O)N3CC4CC4C3)nn(-c3ccnc(N)n3)c2c1)c1ncccn1. The van der Waals surface area contributed by atoms with Gasteiger partial charge in [-0.25, -0.2) is 19.6 Å². The second-order valence-corrected chi connectivity index (χ2v) is 8.88. The van der Waals surface area contributed by atoms with Gasteiger partial charge in [0.15, 0.2) is 17.3 Å². The molecular weight excluding hydrogens is 420 g/mol. The summed E-state index contributed by atoms with van der Waals surface area (Å²) in [6.07, 6.45) is 5.92. The van der Waals surface area contributed by atoms with Crippen molar-refractivity contribution in [2.75, 3.05) is 18.8 Å². The summed E-state index contributed by atoms with van der Waals surface area (Å²) in [5.41, 5.74) is 5.89. The molecule has 1 aromatic carbocycles. The Bertz CT molecular complexity index is 1370. The normalized spacial score (nSPS) is 21.1. The lowest BCUT2D eigenvalue weighted by molar-refractivity contribution is 0.0771. The van der Waals surface area contributed by atoms with Crippen LogP contribution in [0.15, 0.2) is 48.9 Å². The number of hydrogen-bond donors (Lipinski definition) is 2. The van der Waals surface area contributed by atoms with Gasteiger partial charge in [0.2, 0.25) is 5.95 Å². The Balaban J connectivity index is 1.50. The number of piperidine rings is 1. The summed E-state index contributed by atoms with van der Waals surface area (Å²) >= 11 is 0. The van der Waals surface area contributed by atoms with E-state index in [0.29, 0.717) is 39.8 Å². The molecule has 3 unspecified atom stereocenters. The Morgan fingerprint density at radius 2 is 1.88 bits per heavy atom. The summed E-state index contributed by atoms with van der Waals surface area (Å²) in [6, 6.07) is 8.73. The van der Waals surface area contributed by atoms with Crippen LogP contribution in [0.2, 0.25) is 0 Å². The molecule has 2 aliphatic rings. The van der Waals surface area contributed by atoms with Gasteiger partial charge in [-0.1, -0.05) is 6.07 Å². The number of carbonyl (C=O) groups is 1. The van der Waals surface area contributed by atoms with E-state index < -0.39 is 5.60 Å². The van der Waals surface area contributed by atoms with Crippen LogP contribution < -0.4 is 5.73 Å². The van der Waals surface area contributed by atoms with E-state index >= 15 is 0 Å². The highest BCUT2D eigenvalue weighted by Gasteiger charge is 2.47. The van der Waals surface area contributed by atoms with Crippen LogP contribution in [0.5, 0.6) is 0 Å². The van der Waals surface area contributed by atoms with Crippen molar-refractivity contribution in [1.29, 1.82) is 0 Å². The van der Waals surface area contributed by atoms with Gasteiger partial charge in [0, 0.05) is 43.1 Å². The van der Waals surface area contributed by atoms with E-state index in [4.69, 9.17) is 5.73 Å². The third-order valence-corrected chi connectivity index (χ3v) is 6.59. The number of anilines is 1. The van der Waals surface area contributed by atoms with Crippen LogP contribution in [0.4, 0.5) is 5.95 Å². The van der Waals surface area contributed by atoms with E-state index in [1.807, 2.05) is 4.90 Å². The van der Waals surface area contributed by atoms with Crippen LogP contribution >= 0.6 is 0 Å². The number of hydrogen-bond acceptors (Lipinski definition) is 8. The number of likely N-dealkylation sites (tertiary alicyclic amines) is 1. The number of benzene rings is 1. The molecule has 1 aliphatic carbocycles. The van der Waals surface area contributed by atoms with Gasteiger partial charge in [-0.05, 0) is 48.9 Å². The Labute approximate surface area is 189 Å². The van der Waals surface area contributed by atoms with Crippen molar-refractivity contribution in [3.63, 3.8) is 0 Å². The molecule has 10 nitrogen and oxygen atoms in total. The van der Waals surface area contributed by atoms with Crippen LogP contribution in [0.25, 0.3) is 16.7 Å². The van der Waals surface area contributed by atoms with Crippen LogP contribution in [-0.2, 0) is 5.60 Å². The summed E-state index contributed by atoms with van der Waals surface area (Å²) in [5, 5.41) is 16.6. The van der Waals surface area contributed by atoms with Crippen LogP contribution in [0.1, 0.15) is 35.2 Å². The lowest BCUT2D eigenvalue weighted by Gasteiger charge is -2.22. The van der Waals surface area contributed by atoms with E-state index in [-0.39, 0.29) is 17.7 Å². The van der Waals surface area contributed by atoms with Crippen LogP contribution in [0.3, 0.4) is 0 Å². The molecule has 1 amide bonds. The molecule has 33 heavy (non-hydrogen) atoms. The zero-order chi connectivity index (χ0) is 22.7. The Morgan fingerprint density at radius 3 is 2.61 bits per heavy atom. The number of fused-ring (bicyclic) bond motifs is 2. The molecule has 166 valence electrons. The number of nitrogen functional groups attached to an aromatic ring is 1. The van der Waals surface area contributed by atoms with E-state index in [1.54, 1.807) is 60.5 Å². The van der Waals surface area contributed by atoms with Crippen molar-refractivity contribution in [3.05, 3.63) is 66.0 Å². The summed E-state index contributed by atoms with van der Waals surface area (Å²) in [4.78, 5) is 31.9. The first-order chi connectivity index (χ1) is 15.9. The number of aromatic nitrogens is 6. The van der Waals surface area contributed by atoms with Crippen molar-refractivity contribution in [1.82, 2.24) is 34.6 Å². The summed E-state index contributed by atoms with van der Waals surface area (Å²) < 4.78 is 1.57. The maximum absolute atomic E-state index is 13.4.